The van der Waals surface area contributed by atoms with Crippen molar-refractivity contribution in [2.45, 2.75) is 33.8 Å². The van der Waals surface area contributed by atoms with Crippen LogP contribution in [0.3, 0.4) is 0 Å². The van der Waals surface area contributed by atoms with Crippen molar-refractivity contribution in [2.75, 3.05) is 17.2 Å². The van der Waals surface area contributed by atoms with Crippen LogP contribution in [0.5, 0.6) is 11.5 Å². The molecule has 2 N–H and O–H groups in total. The molecule has 1 heterocycles. The molecule has 0 spiro atoms. The minimum Gasteiger partial charge on any atom is -0.492 e. The Bertz CT molecular complexity index is 911. The van der Waals surface area contributed by atoms with Gasteiger partial charge in [0.1, 0.15) is 17.3 Å². The normalized spacial score (nSPS) is 10.6. The van der Waals surface area contributed by atoms with E-state index in [9.17, 15) is 0 Å². The van der Waals surface area contributed by atoms with Crippen LogP contribution in [-0.4, -0.2) is 22.7 Å². The van der Waals surface area contributed by atoms with Gasteiger partial charge in [0.15, 0.2) is 0 Å². The third-order valence-electron chi connectivity index (χ3n) is 3.79. The Kier molecular flexibility index (Phi) is 6.32. The Morgan fingerprint density at radius 1 is 0.964 bits per heavy atom. The summed E-state index contributed by atoms with van der Waals surface area (Å²) in [5.74, 6) is 2.83. The van der Waals surface area contributed by atoms with Crippen LogP contribution in [0.2, 0.25) is 0 Å². The lowest BCUT2D eigenvalue weighted by Crippen LogP contribution is -2.05. The average Bonchev–Trinajstić information content (AvgIpc) is 2.64. The van der Waals surface area contributed by atoms with Gasteiger partial charge >= 0.3 is 0 Å². The SMILES string of the molecule is CCOc1ccccc1Nc1nc(C)cc(Nc2ccc(OC(C)C)cc2)n1. The molecule has 146 valence electrons. The minimum absolute atomic E-state index is 0.150. The molecule has 0 saturated heterocycles. The van der Waals surface area contributed by atoms with Crippen LogP contribution in [0.1, 0.15) is 26.5 Å². The highest BCUT2D eigenvalue weighted by atomic mass is 16.5. The van der Waals surface area contributed by atoms with Crippen molar-refractivity contribution in [1.29, 1.82) is 0 Å². The maximum Gasteiger partial charge on any atom is 0.229 e. The summed E-state index contributed by atoms with van der Waals surface area (Å²) in [6, 6.07) is 17.4. The molecule has 0 saturated carbocycles. The van der Waals surface area contributed by atoms with Gasteiger partial charge in [0, 0.05) is 17.4 Å². The number of hydrogen-bond acceptors (Lipinski definition) is 6. The third kappa shape index (κ3) is 5.36. The van der Waals surface area contributed by atoms with Crippen molar-refractivity contribution in [2.24, 2.45) is 0 Å². The molecule has 0 bridgehead atoms. The summed E-state index contributed by atoms with van der Waals surface area (Å²) in [5.41, 5.74) is 2.61. The standard InChI is InChI=1S/C22H26N4O2/c1-5-27-20-9-7-6-8-19(20)25-22-23-16(4)14-21(26-22)24-17-10-12-18(13-11-17)28-15(2)3/h6-15H,5H2,1-4H3,(H2,23,24,25,26). The van der Waals surface area contributed by atoms with Gasteiger partial charge in [-0.1, -0.05) is 12.1 Å². The first-order valence-corrected chi connectivity index (χ1v) is 9.41. The zero-order valence-corrected chi connectivity index (χ0v) is 16.7. The third-order valence-corrected chi connectivity index (χ3v) is 3.79. The van der Waals surface area contributed by atoms with Gasteiger partial charge in [-0.3, -0.25) is 0 Å². The Labute approximate surface area is 166 Å². The predicted molar refractivity (Wildman–Crippen MR) is 113 cm³/mol. The van der Waals surface area contributed by atoms with Crippen LogP contribution in [0, 0.1) is 6.92 Å². The van der Waals surface area contributed by atoms with E-state index in [0.29, 0.717) is 18.4 Å². The molecule has 0 atom stereocenters. The second-order valence-electron chi connectivity index (χ2n) is 6.59. The molecular formula is C22H26N4O2. The van der Waals surface area contributed by atoms with E-state index in [1.54, 1.807) is 0 Å². The smallest absolute Gasteiger partial charge is 0.229 e. The zero-order valence-electron chi connectivity index (χ0n) is 16.7. The molecule has 0 unspecified atom stereocenters. The Hall–Kier alpha value is -3.28. The van der Waals surface area contributed by atoms with Gasteiger partial charge in [0.05, 0.1) is 18.4 Å². The van der Waals surface area contributed by atoms with Gasteiger partial charge in [-0.2, -0.15) is 4.98 Å². The Balaban J connectivity index is 1.76. The Morgan fingerprint density at radius 2 is 1.71 bits per heavy atom. The van der Waals surface area contributed by atoms with Crippen molar-refractivity contribution in [1.82, 2.24) is 9.97 Å². The second-order valence-corrected chi connectivity index (χ2v) is 6.59. The number of nitrogens with zero attached hydrogens (tertiary/aromatic N) is 2. The highest BCUT2D eigenvalue weighted by Crippen LogP contribution is 2.27. The monoisotopic (exact) mass is 378 g/mol. The van der Waals surface area contributed by atoms with E-state index in [1.165, 1.54) is 0 Å². The van der Waals surface area contributed by atoms with Crippen LogP contribution < -0.4 is 20.1 Å². The summed E-state index contributed by atoms with van der Waals surface area (Å²) in [7, 11) is 0. The minimum atomic E-state index is 0.150. The number of hydrogen-bond donors (Lipinski definition) is 2. The number of aromatic nitrogens is 2. The quantitative estimate of drug-likeness (QED) is 0.543. The molecule has 0 aliphatic carbocycles. The first-order chi connectivity index (χ1) is 13.5. The summed E-state index contributed by atoms with van der Waals surface area (Å²) >= 11 is 0. The molecule has 6 heteroatoms. The summed E-state index contributed by atoms with van der Waals surface area (Å²) in [6.07, 6.45) is 0.150. The van der Waals surface area contributed by atoms with Gasteiger partial charge in [0.25, 0.3) is 0 Å². The number of anilines is 4. The highest BCUT2D eigenvalue weighted by molar-refractivity contribution is 5.64. The Morgan fingerprint density at radius 3 is 2.43 bits per heavy atom. The molecule has 28 heavy (non-hydrogen) atoms. The molecule has 3 aromatic rings. The van der Waals surface area contributed by atoms with Gasteiger partial charge in [-0.15, -0.1) is 0 Å². The molecule has 2 aromatic carbocycles. The highest BCUT2D eigenvalue weighted by Gasteiger charge is 2.07. The van der Waals surface area contributed by atoms with Crippen LogP contribution in [0.25, 0.3) is 0 Å². The lowest BCUT2D eigenvalue weighted by molar-refractivity contribution is 0.242. The van der Waals surface area contributed by atoms with E-state index < -0.39 is 0 Å². The number of para-hydroxylation sites is 2. The van der Waals surface area contributed by atoms with Gasteiger partial charge in [-0.05, 0) is 64.1 Å². The van der Waals surface area contributed by atoms with Crippen molar-refractivity contribution >= 4 is 23.1 Å². The van der Waals surface area contributed by atoms with E-state index in [-0.39, 0.29) is 6.10 Å². The number of nitrogens with one attached hydrogen (secondary N) is 2. The fraction of sp³-hybridized carbons (Fsp3) is 0.273. The summed E-state index contributed by atoms with van der Waals surface area (Å²) in [6.45, 7) is 8.50. The van der Waals surface area contributed by atoms with Crippen LogP contribution in [0.4, 0.5) is 23.1 Å². The van der Waals surface area contributed by atoms with E-state index in [0.717, 1.165) is 28.6 Å². The molecule has 0 aliphatic rings. The lowest BCUT2D eigenvalue weighted by atomic mass is 10.3. The largest absolute Gasteiger partial charge is 0.492 e. The summed E-state index contributed by atoms with van der Waals surface area (Å²) < 4.78 is 11.3. The molecular weight excluding hydrogens is 352 g/mol. The fourth-order valence-corrected chi connectivity index (χ4v) is 2.70. The number of benzene rings is 2. The molecule has 0 aliphatic heterocycles. The van der Waals surface area contributed by atoms with Crippen molar-refractivity contribution in [3.63, 3.8) is 0 Å². The summed E-state index contributed by atoms with van der Waals surface area (Å²) in [4.78, 5) is 9.06. The molecule has 0 fully saturated rings. The fourth-order valence-electron chi connectivity index (χ4n) is 2.70. The van der Waals surface area contributed by atoms with E-state index in [4.69, 9.17) is 9.47 Å². The van der Waals surface area contributed by atoms with Gasteiger partial charge in [-0.25, -0.2) is 4.98 Å². The number of rotatable bonds is 8. The first kappa shape index (κ1) is 19.5. The molecule has 0 amide bonds. The zero-order chi connectivity index (χ0) is 19.9. The van der Waals surface area contributed by atoms with E-state index >= 15 is 0 Å². The van der Waals surface area contributed by atoms with Crippen molar-refractivity contribution in [3.05, 3.63) is 60.3 Å². The molecule has 6 nitrogen and oxygen atoms in total. The molecule has 1 aromatic heterocycles. The molecule has 3 rings (SSSR count). The number of ether oxygens (including phenoxy) is 2. The number of aryl methyl sites for hydroxylation is 1. The van der Waals surface area contributed by atoms with Crippen molar-refractivity contribution < 1.29 is 9.47 Å². The summed E-state index contributed by atoms with van der Waals surface area (Å²) in [5, 5.41) is 6.56. The topological polar surface area (TPSA) is 68.3 Å². The average molecular weight is 378 g/mol. The van der Waals surface area contributed by atoms with E-state index in [1.807, 2.05) is 82.3 Å². The van der Waals surface area contributed by atoms with Crippen LogP contribution >= 0.6 is 0 Å². The van der Waals surface area contributed by atoms with Crippen molar-refractivity contribution in [3.8, 4) is 11.5 Å². The van der Waals surface area contributed by atoms with Crippen LogP contribution in [0.15, 0.2) is 54.6 Å². The molecule has 0 radical (unpaired) electrons. The second kappa shape index (κ2) is 9.08. The maximum atomic E-state index is 5.68. The van der Waals surface area contributed by atoms with Crippen LogP contribution in [-0.2, 0) is 0 Å². The maximum absolute atomic E-state index is 5.68. The van der Waals surface area contributed by atoms with E-state index in [2.05, 4.69) is 20.6 Å². The predicted octanol–water partition coefficient (Wildman–Crippen LogP) is 5.46. The van der Waals surface area contributed by atoms with Gasteiger partial charge in [0.2, 0.25) is 5.95 Å². The first-order valence-electron chi connectivity index (χ1n) is 9.41. The van der Waals surface area contributed by atoms with Gasteiger partial charge < -0.3 is 20.1 Å². The lowest BCUT2D eigenvalue weighted by Gasteiger charge is -2.13.